The van der Waals surface area contributed by atoms with Gasteiger partial charge in [0.15, 0.2) is 0 Å². The molecule has 5 nitrogen and oxygen atoms in total. The summed E-state index contributed by atoms with van der Waals surface area (Å²) in [6.45, 7) is 3.25. The number of H-pyrrole nitrogens is 1. The van der Waals surface area contributed by atoms with E-state index in [-0.39, 0.29) is 5.92 Å². The molecule has 2 heterocycles. The summed E-state index contributed by atoms with van der Waals surface area (Å²) >= 11 is 5.17. The molecule has 0 saturated carbocycles. The molecule has 0 aliphatic carbocycles. The predicted molar refractivity (Wildman–Crippen MR) is 68.3 cm³/mol. The van der Waals surface area contributed by atoms with Gasteiger partial charge in [-0.2, -0.15) is 0 Å². The van der Waals surface area contributed by atoms with Crippen LogP contribution >= 0.6 is 12.2 Å². The largest absolute Gasteiger partial charge is 0.465 e. The van der Waals surface area contributed by atoms with E-state index in [9.17, 15) is 4.79 Å². The van der Waals surface area contributed by atoms with Crippen molar-refractivity contribution in [3.63, 3.8) is 0 Å². The summed E-state index contributed by atoms with van der Waals surface area (Å²) in [5.41, 5.74) is 1.04. The molecule has 0 amide bonds. The average Bonchev–Trinajstić information content (AvgIpc) is 2.38. The van der Waals surface area contributed by atoms with Crippen molar-refractivity contribution in [2.75, 3.05) is 20.3 Å². The van der Waals surface area contributed by atoms with E-state index in [1.165, 1.54) is 7.11 Å². The number of carbonyl (C=O) groups is 1. The van der Waals surface area contributed by atoms with Gasteiger partial charge in [0.25, 0.3) is 0 Å². The molecule has 1 N–H and O–H groups in total. The Morgan fingerprint density at radius 2 is 2.39 bits per heavy atom. The van der Waals surface area contributed by atoms with E-state index < -0.39 is 5.97 Å². The van der Waals surface area contributed by atoms with Gasteiger partial charge in [0.2, 0.25) is 0 Å². The number of aryl methyl sites for hydroxylation is 1. The minimum absolute atomic E-state index is 0.228. The van der Waals surface area contributed by atoms with E-state index in [2.05, 4.69) is 9.97 Å². The fourth-order valence-corrected chi connectivity index (χ4v) is 2.44. The van der Waals surface area contributed by atoms with E-state index in [0.29, 0.717) is 22.5 Å². The second-order valence-corrected chi connectivity index (χ2v) is 4.72. The zero-order valence-corrected chi connectivity index (χ0v) is 11.3. The Hall–Kier alpha value is -1.27. The molecule has 1 aliphatic heterocycles. The van der Waals surface area contributed by atoms with Crippen LogP contribution in [0, 0.1) is 11.6 Å². The Morgan fingerprint density at radius 1 is 1.61 bits per heavy atom. The first kappa shape index (κ1) is 13.2. The molecule has 98 valence electrons. The highest BCUT2D eigenvalue weighted by molar-refractivity contribution is 7.71. The molecule has 0 spiro atoms. The lowest BCUT2D eigenvalue weighted by Gasteiger charge is -2.21. The number of hydrogen-bond acceptors (Lipinski definition) is 5. The molecule has 1 aromatic heterocycles. The molecule has 6 heteroatoms. The lowest BCUT2D eigenvalue weighted by atomic mass is 10.0. The van der Waals surface area contributed by atoms with Crippen molar-refractivity contribution in [2.24, 2.45) is 0 Å². The third kappa shape index (κ3) is 2.59. The topological polar surface area (TPSA) is 64.2 Å². The van der Waals surface area contributed by atoms with Crippen molar-refractivity contribution in [1.82, 2.24) is 9.97 Å². The van der Waals surface area contributed by atoms with Gasteiger partial charge < -0.3 is 14.5 Å². The predicted octanol–water partition coefficient (Wildman–Crippen LogP) is 2.13. The summed E-state index contributed by atoms with van der Waals surface area (Å²) in [7, 11) is 1.33. The first-order valence-corrected chi connectivity index (χ1v) is 6.31. The summed E-state index contributed by atoms with van der Waals surface area (Å²) < 4.78 is 10.4. The van der Waals surface area contributed by atoms with E-state index in [1.54, 1.807) is 6.92 Å². The second kappa shape index (κ2) is 5.58. The van der Waals surface area contributed by atoms with Gasteiger partial charge in [-0.25, -0.2) is 9.78 Å². The van der Waals surface area contributed by atoms with Crippen LogP contribution in [0.1, 0.15) is 40.6 Å². The van der Waals surface area contributed by atoms with Crippen LogP contribution in [0.5, 0.6) is 0 Å². The molecule has 2 rings (SSSR count). The standard InChI is InChI=1S/C12H16N2O3S/c1-7-9(12(15)16-2)11(18)14-10(13-7)8-4-3-5-17-6-8/h8H,3-6H2,1-2H3,(H,13,14,18). The monoisotopic (exact) mass is 268 g/mol. The Bertz CT molecular complexity index is 507. The summed E-state index contributed by atoms with van der Waals surface area (Å²) in [6.07, 6.45) is 2.04. The normalized spacial score (nSPS) is 19.6. The van der Waals surface area contributed by atoms with E-state index in [4.69, 9.17) is 21.7 Å². The molecule has 1 fully saturated rings. The number of ether oxygens (including phenoxy) is 2. The summed E-state index contributed by atoms with van der Waals surface area (Å²) in [4.78, 5) is 19.0. The zero-order chi connectivity index (χ0) is 13.1. The number of methoxy groups -OCH3 is 1. The quantitative estimate of drug-likeness (QED) is 0.657. The molecule has 0 bridgehead atoms. The molecule has 1 aliphatic rings. The van der Waals surface area contributed by atoms with Crippen LogP contribution in [0.4, 0.5) is 0 Å². The molecule has 1 unspecified atom stereocenters. The van der Waals surface area contributed by atoms with Crippen molar-refractivity contribution in [1.29, 1.82) is 0 Å². The Kier molecular flexibility index (Phi) is 4.08. The molecule has 1 saturated heterocycles. The van der Waals surface area contributed by atoms with Gasteiger partial charge in [-0.3, -0.25) is 0 Å². The van der Waals surface area contributed by atoms with Crippen molar-refractivity contribution in [3.8, 4) is 0 Å². The summed E-state index contributed by atoms with van der Waals surface area (Å²) in [5, 5.41) is 0. The maximum atomic E-state index is 11.6. The maximum absolute atomic E-state index is 11.6. The molecule has 0 aromatic carbocycles. The first-order valence-electron chi connectivity index (χ1n) is 5.90. The van der Waals surface area contributed by atoms with Crippen LogP contribution in [0.3, 0.4) is 0 Å². The fourth-order valence-electron chi connectivity index (χ4n) is 2.10. The minimum Gasteiger partial charge on any atom is -0.465 e. The number of hydrogen-bond donors (Lipinski definition) is 1. The Balaban J connectivity index is 2.35. The number of rotatable bonds is 2. The molecule has 1 aromatic rings. The first-order chi connectivity index (χ1) is 8.63. The van der Waals surface area contributed by atoms with Crippen molar-refractivity contribution in [2.45, 2.75) is 25.7 Å². The van der Waals surface area contributed by atoms with Gasteiger partial charge in [-0.1, -0.05) is 12.2 Å². The van der Waals surface area contributed by atoms with Crippen LogP contribution in [0.25, 0.3) is 0 Å². The molecular weight excluding hydrogens is 252 g/mol. The number of aromatic nitrogens is 2. The van der Waals surface area contributed by atoms with E-state index in [1.807, 2.05) is 0 Å². The molecule has 1 atom stereocenters. The molecule has 0 radical (unpaired) electrons. The fraction of sp³-hybridized carbons (Fsp3) is 0.583. The molecular formula is C12H16N2O3S. The highest BCUT2D eigenvalue weighted by atomic mass is 32.1. The molecule has 18 heavy (non-hydrogen) atoms. The zero-order valence-electron chi connectivity index (χ0n) is 10.5. The number of aromatic amines is 1. The van der Waals surface area contributed by atoms with Gasteiger partial charge >= 0.3 is 5.97 Å². The maximum Gasteiger partial charge on any atom is 0.342 e. The number of esters is 1. The van der Waals surface area contributed by atoms with Gasteiger partial charge in [0, 0.05) is 18.2 Å². The van der Waals surface area contributed by atoms with Crippen LogP contribution in [0.15, 0.2) is 0 Å². The number of nitrogens with zero attached hydrogens (tertiary/aromatic N) is 1. The third-order valence-electron chi connectivity index (χ3n) is 3.06. The number of carbonyl (C=O) groups excluding carboxylic acids is 1. The van der Waals surface area contributed by atoms with Gasteiger partial charge in [-0.05, 0) is 19.8 Å². The Morgan fingerprint density at radius 3 is 2.94 bits per heavy atom. The second-order valence-electron chi connectivity index (χ2n) is 4.33. The lowest BCUT2D eigenvalue weighted by molar-refractivity contribution is 0.0597. The lowest BCUT2D eigenvalue weighted by Crippen LogP contribution is -2.19. The Labute approximate surface area is 111 Å². The van der Waals surface area contributed by atoms with Gasteiger partial charge in [0.1, 0.15) is 16.0 Å². The number of nitrogens with one attached hydrogen (secondary N) is 1. The van der Waals surface area contributed by atoms with E-state index >= 15 is 0 Å². The van der Waals surface area contributed by atoms with Crippen molar-refractivity contribution >= 4 is 18.2 Å². The minimum atomic E-state index is -0.451. The highest BCUT2D eigenvalue weighted by Crippen LogP contribution is 2.23. The van der Waals surface area contributed by atoms with Crippen molar-refractivity contribution < 1.29 is 14.3 Å². The van der Waals surface area contributed by atoms with Crippen LogP contribution in [0.2, 0.25) is 0 Å². The van der Waals surface area contributed by atoms with Crippen LogP contribution in [-0.2, 0) is 9.47 Å². The SMILES string of the molecule is COC(=O)c1c(C)[nH]c(C2CCCOC2)nc1=S. The van der Waals surface area contributed by atoms with Crippen molar-refractivity contribution in [3.05, 3.63) is 21.7 Å². The van der Waals surface area contributed by atoms with Gasteiger partial charge in [0.05, 0.1) is 13.7 Å². The van der Waals surface area contributed by atoms with E-state index in [0.717, 1.165) is 25.3 Å². The smallest absolute Gasteiger partial charge is 0.342 e. The van der Waals surface area contributed by atoms with Gasteiger partial charge in [-0.15, -0.1) is 0 Å². The van der Waals surface area contributed by atoms with Crippen LogP contribution < -0.4 is 0 Å². The third-order valence-corrected chi connectivity index (χ3v) is 3.36. The highest BCUT2D eigenvalue weighted by Gasteiger charge is 2.21. The summed E-state index contributed by atoms with van der Waals surface area (Å²) in [6, 6.07) is 0. The average molecular weight is 268 g/mol. The summed E-state index contributed by atoms with van der Waals surface area (Å²) in [5.74, 6) is 0.573. The van der Waals surface area contributed by atoms with Crippen LogP contribution in [-0.4, -0.2) is 36.3 Å².